The van der Waals surface area contributed by atoms with Crippen molar-refractivity contribution in [3.8, 4) is 0 Å². The van der Waals surface area contributed by atoms with Gasteiger partial charge in [0.1, 0.15) is 12.1 Å². The molecule has 0 aliphatic heterocycles. The molecule has 0 heterocycles. The van der Waals surface area contributed by atoms with Gasteiger partial charge in [-0.05, 0) is 18.1 Å². The first-order valence-electron chi connectivity index (χ1n) is 4.15. The van der Waals surface area contributed by atoms with E-state index in [1.165, 1.54) is 12.1 Å². The van der Waals surface area contributed by atoms with Gasteiger partial charge in [0.25, 0.3) is 6.43 Å². The summed E-state index contributed by atoms with van der Waals surface area (Å²) in [7, 11) is 0. The summed E-state index contributed by atoms with van der Waals surface area (Å²) in [6.07, 6.45) is -1.55. The van der Waals surface area contributed by atoms with Crippen LogP contribution in [0.4, 0.5) is 13.2 Å². The Hall–Kier alpha value is -1.32. The Morgan fingerprint density at radius 2 is 2.07 bits per heavy atom. The van der Waals surface area contributed by atoms with Gasteiger partial charge in [-0.1, -0.05) is 12.1 Å². The maximum atomic E-state index is 13.1. The number of hydrogen-bond acceptors (Lipinski definition) is 1. The minimum atomic E-state index is -2.66. The fourth-order valence-electron chi connectivity index (χ4n) is 1.12. The summed E-state index contributed by atoms with van der Waals surface area (Å²) in [4.78, 5) is 10.0. The number of carbonyl (C=O) groups is 1. The Bertz CT molecular complexity index is 323. The van der Waals surface area contributed by atoms with E-state index in [9.17, 15) is 18.0 Å². The van der Waals surface area contributed by atoms with Crippen molar-refractivity contribution in [2.75, 3.05) is 0 Å². The van der Waals surface area contributed by atoms with Crippen LogP contribution in [-0.4, -0.2) is 6.29 Å². The van der Waals surface area contributed by atoms with Gasteiger partial charge >= 0.3 is 0 Å². The van der Waals surface area contributed by atoms with Gasteiger partial charge in [0.05, 0.1) is 0 Å². The van der Waals surface area contributed by atoms with Gasteiger partial charge in [-0.3, -0.25) is 0 Å². The van der Waals surface area contributed by atoms with Crippen LogP contribution in [-0.2, 0) is 11.2 Å². The van der Waals surface area contributed by atoms with Crippen LogP contribution in [0.1, 0.15) is 24.0 Å². The Labute approximate surface area is 79.5 Å². The fourth-order valence-corrected chi connectivity index (χ4v) is 1.12. The van der Waals surface area contributed by atoms with E-state index in [4.69, 9.17) is 0 Å². The Balaban J connectivity index is 2.84. The second-order valence-corrected chi connectivity index (χ2v) is 2.86. The molecule has 0 aliphatic carbocycles. The van der Waals surface area contributed by atoms with E-state index in [1.54, 1.807) is 0 Å². The molecule has 0 saturated carbocycles. The molecule has 1 rings (SSSR count). The normalized spacial score (nSPS) is 10.6. The van der Waals surface area contributed by atoms with E-state index < -0.39 is 12.2 Å². The first-order chi connectivity index (χ1) is 6.65. The van der Waals surface area contributed by atoms with Crippen molar-refractivity contribution >= 4 is 6.29 Å². The molecule has 0 unspecified atom stereocenters. The quantitative estimate of drug-likeness (QED) is 0.686. The molecule has 4 heteroatoms. The molecular weight excluding hydrogens is 193 g/mol. The molecule has 1 aromatic carbocycles. The van der Waals surface area contributed by atoms with Crippen molar-refractivity contribution in [2.45, 2.75) is 19.3 Å². The topological polar surface area (TPSA) is 17.1 Å². The summed E-state index contributed by atoms with van der Waals surface area (Å²) in [6, 6.07) is 3.28. The number of alkyl halides is 2. The van der Waals surface area contributed by atoms with Crippen LogP contribution in [0.15, 0.2) is 18.2 Å². The average Bonchev–Trinajstić information content (AvgIpc) is 2.15. The molecule has 0 aromatic heterocycles. The summed E-state index contributed by atoms with van der Waals surface area (Å²) in [6.45, 7) is 0. The van der Waals surface area contributed by atoms with Crippen LogP contribution in [0.2, 0.25) is 0 Å². The summed E-state index contributed by atoms with van der Waals surface area (Å²) in [5, 5.41) is 0. The van der Waals surface area contributed by atoms with E-state index >= 15 is 0 Å². The standard InChI is InChI=1S/C10H9F3O/c11-9-6-8(10(12)13)4-3-7(9)2-1-5-14/h3-6,10H,1-2H2. The van der Waals surface area contributed by atoms with Crippen LogP contribution in [0, 0.1) is 5.82 Å². The molecule has 0 spiro atoms. The number of halogens is 3. The van der Waals surface area contributed by atoms with Crippen LogP contribution < -0.4 is 0 Å². The van der Waals surface area contributed by atoms with Gasteiger partial charge < -0.3 is 4.79 Å². The predicted octanol–water partition coefficient (Wildman–Crippen LogP) is 2.89. The number of benzene rings is 1. The lowest BCUT2D eigenvalue weighted by Gasteiger charge is -2.03. The van der Waals surface area contributed by atoms with E-state index in [0.29, 0.717) is 11.8 Å². The highest BCUT2D eigenvalue weighted by Gasteiger charge is 2.10. The van der Waals surface area contributed by atoms with Gasteiger partial charge in [-0.25, -0.2) is 13.2 Å². The van der Waals surface area contributed by atoms with Crippen molar-refractivity contribution in [1.29, 1.82) is 0 Å². The second-order valence-electron chi connectivity index (χ2n) is 2.86. The number of rotatable bonds is 4. The third-order valence-corrected chi connectivity index (χ3v) is 1.86. The first-order valence-corrected chi connectivity index (χ1v) is 4.15. The lowest BCUT2D eigenvalue weighted by molar-refractivity contribution is -0.107. The molecule has 0 radical (unpaired) electrons. The van der Waals surface area contributed by atoms with Gasteiger partial charge in [0, 0.05) is 12.0 Å². The molecule has 0 aliphatic rings. The molecule has 0 amide bonds. The molecule has 0 bridgehead atoms. The summed E-state index contributed by atoms with van der Waals surface area (Å²) in [5.41, 5.74) is -0.0427. The Morgan fingerprint density at radius 3 is 2.57 bits per heavy atom. The van der Waals surface area contributed by atoms with Crippen LogP contribution >= 0.6 is 0 Å². The van der Waals surface area contributed by atoms with E-state index in [2.05, 4.69) is 0 Å². The smallest absolute Gasteiger partial charge is 0.263 e. The zero-order valence-electron chi connectivity index (χ0n) is 7.34. The van der Waals surface area contributed by atoms with Gasteiger partial charge in [0.2, 0.25) is 0 Å². The molecule has 1 nitrogen and oxygen atoms in total. The highest BCUT2D eigenvalue weighted by atomic mass is 19.3. The van der Waals surface area contributed by atoms with Crippen molar-refractivity contribution in [1.82, 2.24) is 0 Å². The summed E-state index contributed by atoms with van der Waals surface area (Å²) < 4.78 is 37.3. The van der Waals surface area contributed by atoms with Crippen molar-refractivity contribution in [2.24, 2.45) is 0 Å². The molecule has 0 atom stereocenters. The molecule has 0 saturated heterocycles. The van der Waals surface area contributed by atoms with Crippen molar-refractivity contribution in [3.63, 3.8) is 0 Å². The molecular formula is C10H9F3O. The van der Waals surface area contributed by atoms with E-state index in [-0.39, 0.29) is 18.4 Å². The molecule has 14 heavy (non-hydrogen) atoms. The van der Waals surface area contributed by atoms with Gasteiger partial charge in [0.15, 0.2) is 0 Å². The number of hydrogen-bond donors (Lipinski definition) is 0. The maximum Gasteiger partial charge on any atom is 0.263 e. The maximum absolute atomic E-state index is 13.1. The minimum Gasteiger partial charge on any atom is -0.303 e. The number of aldehydes is 1. The van der Waals surface area contributed by atoms with Gasteiger partial charge in [-0.2, -0.15) is 0 Å². The zero-order chi connectivity index (χ0) is 10.6. The monoisotopic (exact) mass is 202 g/mol. The summed E-state index contributed by atoms with van der Waals surface area (Å²) >= 11 is 0. The first kappa shape index (κ1) is 10.8. The predicted molar refractivity (Wildman–Crippen MR) is 45.7 cm³/mol. The molecule has 0 N–H and O–H groups in total. The lowest BCUT2D eigenvalue weighted by atomic mass is 10.1. The van der Waals surface area contributed by atoms with Gasteiger partial charge in [-0.15, -0.1) is 0 Å². The van der Waals surface area contributed by atoms with Crippen LogP contribution in [0.3, 0.4) is 0 Å². The molecule has 0 fully saturated rings. The highest BCUT2D eigenvalue weighted by Crippen LogP contribution is 2.21. The Morgan fingerprint density at radius 1 is 1.36 bits per heavy atom. The summed E-state index contributed by atoms with van der Waals surface area (Å²) in [5.74, 6) is -0.676. The zero-order valence-corrected chi connectivity index (χ0v) is 7.34. The van der Waals surface area contributed by atoms with Crippen LogP contribution in [0.5, 0.6) is 0 Å². The highest BCUT2D eigenvalue weighted by molar-refractivity contribution is 5.50. The molecule has 1 aromatic rings. The molecule has 76 valence electrons. The van der Waals surface area contributed by atoms with Crippen LogP contribution in [0.25, 0.3) is 0 Å². The second kappa shape index (κ2) is 4.79. The third-order valence-electron chi connectivity index (χ3n) is 1.86. The Kier molecular flexibility index (Phi) is 3.68. The number of aryl methyl sites for hydroxylation is 1. The average molecular weight is 202 g/mol. The van der Waals surface area contributed by atoms with E-state index in [1.807, 2.05) is 0 Å². The fraction of sp³-hybridized carbons (Fsp3) is 0.300. The minimum absolute atomic E-state index is 0.199. The van der Waals surface area contributed by atoms with Crippen molar-refractivity contribution in [3.05, 3.63) is 35.1 Å². The number of carbonyl (C=O) groups excluding carboxylic acids is 1. The van der Waals surface area contributed by atoms with Crippen molar-refractivity contribution < 1.29 is 18.0 Å². The third kappa shape index (κ3) is 2.58. The SMILES string of the molecule is O=CCCc1ccc(C(F)F)cc1F. The lowest BCUT2D eigenvalue weighted by Crippen LogP contribution is -1.94. The van der Waals surface area contributed by atoms with E-state index in [0.717, 1.165) is 6.07 Å². The largest absolute Gasteiger partial charge is 0.303 e.